The SMILES string of the molecule is CCc1cccc(CC)c1NC1=NC(C(C)(C)C)CCS1. The number of hydrogen-bond acceptors (Lipinski definition) is 3. The fourth-order valence-electron chi connectivity index (χ4n) is 2.72. The largest absolute Gasteiger partial charge is 0.335 e. The van der Waals surface area contributed by atoms with Crippen LogP contribution in [0.1, 0.15) is 52.2 Å². The summed E-state index contributed by atoms with van der Waals surface area (Å²) in [5.74, 6) is 1.16. The van der Waals surface area contributed by atoms with Crippen molar-refractivity contribution in [3.8, 4) is 0 Å². The highest BCUT2D eigenvalue weighted by atomic mass is 32.2. The number of para-hydroxylation sites is 1. The number of hydrogen-bond donors (Lipinski definition) is 1. The number of aryl methyl sites for hydroxylation is 2. The molecule has 3 heteroatoms. The summed E-state index contributed by atoms with van der Waals surface area (Å²) in [5, 5.41) is 4.73. The van der Waals surface area contributed by atoms with Crippen LogP contribution in [0.2, 0.25) is 0 Å². The molecule has 0 fully saturated rings. The molecule has 0 radical (unpaired) electrons. The van der Waals surface area contributed by atoms with Crippen molar-refractivity contribution in [3.05, 3.63) is 29.3 Å². The zero-order chi connectivity index (χ0) is 15.5. The molecule has 1 aromatic carbocycles. The predicted octanol–water partition coefficient (Wildman–Crippen LogP) is 5.13. The number of benzene rings is 1. The highest BCUT2D eigenvalue weighted by Crippen LogP contribution is 2.32. The van der Waals surface area contributed by atoms with E-state index in [4.69, 9.17) is 4.99 Å². The molecule has 1 aliphatic heterocycles. The lowest BCUT2D eigenvalue weighted by atomic mass is 9.85. The summed E-state index contributed by atoms with van der Waals surface area (Å²) in [7, 11) is 0. The van der Waals surface area contributed by atoms with Crippen LogP contribution < -0.4 is 5.32 Å². The monoisotopic (exact) mass is 304 g/mol. The Hall–Kier alpha value is -0.960. The van der Waals surface area contributed by atoms with Crippen molar-refractivity contribution in [2.45, 2.75) is 59.9 Å². The second-order valence-electron chi connectivity index (χ2n) is 6.74. The van der Waals surface area contributed by atoms with Gasteiger partial charge in [-0.25, -0.2) is 0 Å². The van der Waals surface area contributed by atoms with E-state index in [1.165, 1.54) is 23.2 Å². The summed E-state index contributed by atoms with van der Waals surface area (Å²) in [5.41, 5.74) is 4.29. The maximum Gasteiger partial charge on any atom is 0.161 e. The molecular formula is C18H28N2S. The van der Waals surface area contributed by atoms with Gasteiger partial charge in [-0.3, -0.25) is 4.99 Å². The van der Waals surface area contributed by atoms with E-state index in [0.717, 1.165) is 23.8 Å². The van der Waals surface area contributed by atoms with Crippen LogP contribution in [0.3, 0.4) is 0 Å². The number of thioether (sulfide) groups is 1. The summed E-state index contributed by atoms with van der Waals surface area (Å²) in [4.78, 5) is 4.97. The van der Waals surface area contributed by atoms with Gasteiger partial charge in [0.25, 0.3) is 0 Å². The first-order valence-electron chi connectivity index (χ1n) is 8.04. The van der Waals surface area contributed by atoms with Gasteiger partial charge in [-0.15, -0.1) is 0 Å². The minimum Gasteiger partial charge on any atom is -0.335 e. The van der Waals surface area contributed by atoms with Crippen molar-refractivity contribution < 1.29 is 0 Å². The van der Waals surface area contributed by atoms with Gasteiger partial charge in [0.2, 0.25) is 0 Å². The van der Waals surface area contributed by atoms with Crippen LogP contribution in [-0.4, -0.2) is 17.0 Å². The van der Waals surface area contributed by atoms with Crippen LogP contribution in [-0.2, 0) is 12.8 Å². The van der Waals surface area contributed by atoms with Crippen molar-refractivity contribution in [2.24, 2.45) is 10.4 Å². The fourth-order valence-corrected chi connectivity index (χ4v) is 3.63. The van der Waals surface area contributed by atoms with Crippen molar-refractivity contribution in [2.75, 3.05) is 11.1 Å². The van der Waals surface area contributed by atoms with Gasteiger partial charge in [-0.1, -0.05) is 64.6 Å². The Morgan fingerprint density at radius 2 is 1.81 bits per heavy atom. The topological polar surface area (TPSA) is 24.4 Å². The first-order valence-corrected chi connectivity index (χ1v) is 9.02. The highest BCUT2D eigenvalue weighted by molar-refractivity contribution is 8.14. The number of anilines is 1. The molecule has 0 bridgehead atoms. The predicted molar refractivity (Wildman–Crippen MR) is 96.6 cm³/mol. The molecule has 1 heterocycles. The lowest BCUT2D eigenvalue weighted by Crippen LogP contribution is -2.30. The molecule has 21 heavy (non-hydrogen) atoms. The molecule has 0 spiro atoms. The third kappa shape index (κ3) is 4.03. The van der Waals surface area contributed by atoms with E-state index >= 15 is 0 Å². The number of rotatable bonds is 3. The standard InChI is InChI=1S/C18H28N2S/c1-6-13-9-8-10-14(7-2)16(13)20-17-19-15(11-12-21-17)18(3,4)5/h8-10,15H,6-7,11-12H2,1-5H3,(H,19,20). The molecule has 116 valence electrons. The molecule has 0 amide bonds. The zero-order valence-electron chi connectivity index (χ0n) is 14.0. The maximum atomic E-state index is 4.97. The van der Waals surface area contributed by atoms with Gasteiger partial charge < -0.3 is 5.32 Å². The lowest BCUT2D eigenvalue weighted by Gasteiger charge is -2.31. The number of amidine groups is 1. The molecule has 0 saturated carbocycles. The molecule has 2 rings (SSSR count). The Labute approximate surface area is 133 Å². The normalized spacial score (nSPS) is 19.3. The summed E-state index contributed by atoms with van der Waals surface area (Å²) in [6, 6.07) is 7.02. The number of nitrogens with zero attached hydrogens (tertiary/aromatic N) is 1. The molecule has 1 aliphatic rings. The summed E-state index contributed by atoms with van der Waals surface area (Å²) < 4.78 is 0. The van der Waals surface area contributed by atoms with Gasteiger partial charge in [-0.05, 0) is 35.8 Å². The smallest absolute Gasteiger partial charge is 0.161 e. The van der Waals surface area contributed by atoms with Gasteiger partial charge in [0.1, 0.15) is 0 Å². The highest BCUT2D eigenvalue weighted by Gasteiger charge is 2.27. The molecule has 0 aliphatic carbocycles. The van der Waals surface area contributed by atoms with Crippen LogP contribution in [0, 0.1) is 5.41 Å². The molecule has 1 N–H and O–H groups in total. The van der Waals surface area contributed by atoms with E-state index in [-0.39, 0.29) is 5.41 Å². The second-order valence-corrected chi connectivity index (χ2v) is 7.82. The average Bonchev–Trinajstić information content (AvgIpc) is 2.47. The molecule has 1 atom stereocenters. The molecule has 0 aromatic heterocycles. The Bertz CT molecular complexity index is 492. The van der Waals surface area contributed by atoms with Gasteiger partial charge in [-0.2, -0.15) is 0 Å². The minimum atomic E-state index is 0.242. The Morgan fingerprint density at radius 1 is 1.19 bits per heavy atom. The van der Waals surface area contributed by atoms with Gasteiger partial charge >= 0.3 is 0 Å². The van der Waals surface area contributed by atoms with Crippen molar-refractivity contribution >= 4 is 22.6 Å². The minimum absolute atomic E-state index is 0.242. The van der Waals surface area contributed by atoms with Crippen LogP contribution in [0.15, 0.2) is 23.2 Å². The summed E-state index contributed by atoms with van der Waals surface area (Å²) >= 11 is 1.86. The third-order valence-corrected chi connectivity index (χ3v) is 5.05. The molecule has 1 aromatic rings. The first-order chi connectivity index (χ1) is 9.95. The Balaban J connectivity index is 2.27. The molecular weight excluding hydrogens is 276 g/mol. The second kappa shape index (κ2) is 6.87. The van der Waals surface area contributed by atoms with E-state index in [0.29, 0.717) is 6.04 Å². The van der Waals surface area contributed by atoms with Crippen LogP contribution >= 0.6 is 11.8 Å². The van der Waals surface area contributed by atoms with Crippen molar-refractivity contribution in [3.63, 3.8) is 0 Å². The zero-order valence-corrected chi connectivity index (χ0v) is 14.8. The van der Waals surface area contributed by atoms with Gasteiger partial charge in [0.15, 0.2) is 5.17 Å². The molecule has 0 saturated heterocycles. The van der Waals surface area contributed by atoms with E-state index in [1.807, 2.05) is 11.8 Å². The van der Waals surface area contributed by atoms with Gasteiger partial charge in [0, 0.05) is 11.4 Å². The van der Waals surface area contributed by atoms with E-state index in [9.17, 15) is 0 Å². The molecule has 2 nitrogen and oxygen atoms in total. The summed E-state index contributed by atoms with van der Waals surface area (Å²) in [6.45, 7) is 11.3. The number of aliphatic imine (C=N–C) groups is 1. The lowest BCUT2D eigenvalue weighted by molar-refractivity contribution is 0.316. The fraction of sp³-hybridized carbons (Fsp3) is 0.611. The third-order valence-electron chi connectivity index (χ3n) is 4.13. The Morgan fingerprint density at radius 3 is 2.33 bits per heavy atom. The van der Waals surface area contributed by atoms with E-state index < -0.39 is 0 Å². The number of nitrogens with one attached hydrogen (secondary N) is 1. The maximum absolute atomic E-state index is 4.97. The summed E-state index contributed by atoms with van der Waals surface area (Å²) in [6.07, 6.45) is 3.28. The van der Waals surface area contributed by atoms with Crippen LogP contribution in [0.5, 0.6) is 0 Å². The van der Waals surface area contributed by atoms with Gasteiger partial charge in [0.05, 0.1) is 6.04 Å². The molecule has 1 unspecified atom stereocenters. The van der Waals surface area contributed by atoms with Crippen LogP contribution in [0.25, 0.3) is 0 Å². The van der Waals surface area contributed by atoms with Crippen LogP contribution in [0.4, 0.5) is 5.69 Å². The van der Waals surface area contributed by atoms with E-state index in [2.05, 4.69) is 58.1 Å². The Kier molecular flexibility index (Phi) is 5.37. The van der Waals surface area contributed by atoms with E-state index in [1.54, 1.807) is 0 Å². The quantitative estimate of drug-likeness (QED) is 0.837. The van der Waals surface area contributed by atoms with Crippen molar-refractivity contribution in [1.82, 2.24) is 0 Å². The average molecular weight is 305 g/mol. The van der Waals surface area contributed by atoms with Crippen molar-refractivity contribution in [1.29, 1.82) is 0 Å². The first kappa shape index (κ1) is 16.4.